The minimum atomic E-state index is 0.714. The number of aromatic nitrogens is 2. The van der Waals surface area contributed by atoms with Gasteiger partial charge in [0.25, 0.3) is 0 Å². The molecule has 1 fully saturated rings. The number of ether oxygens (including phenoxy) is 1. The third kappa shape index (κ3) is 2.81. The molecule has 1 aliphatic heterocycles. The lowest BCUT2D eigenvalue weighted by Gasteiger charge is -2.19. The molecule has 2 heterocycles. The van der Waals surface area contributed by atoms with Crippen LogP contribution in [0.4, 0.5) is 5.95 Å². The predicted octanol–water partition coefficient (Wildman–Crippen LogP) is 1.73. The Morgan fingerprint density at radius 3 is 2.95 bits per heavy atom. The van der Waals surface area contributed by atoms with E-state index in [1.165, 1.54) is 25.7 Å². The zero-order chi connectivity index (χ0) is 13.1. The van der Waals surface area contributed by atoms with Crippen LogP contribution in [0, 0.1) is 5.92 Å². The fourth-order valence-corrected chi connectivity index (χ4v) is 3.01. The Bertz CT molecular complexity index is 426. The second kappa shape index (κ2) is 5.74. The molecule has 104 valence electrons. The quantitative estimate of drug-likeness (QED) is 0.865. The van der Waals surface area contributed by atoms with E-state index in [0.717, 1.165) is 49.2 Å². The van der Waals surface area contributed by atoms with Crippen LogP contribution in [-0.2, 0) is 13.0 Å². The summed E-state index contributed by atoms with van der Waals surface area (Å²) >= 11 is 0. The van der Waals surface area contributed by atoms with Crippen LogP contribution in [0.5, 0.6) is 5.88 Å². The van der Waals surface area contributed by atoms with Crippen LogP contribution >= 0.6 is 0 Å². The maximum Gasteiger partial charge on any atom is 0.226 e. The van der Waals surface area contributed by atoms with Crippen molar-refractivity contribution in [3.05, 3.63) is 11.3 Å². The highest BCUT2D eigenvalue weighted by atomic mass is 16.5. The largest absolute Gasteiger partial charge is 0.481 e. The second-order valence-corrected chi connectivity index (χ2v) is 5.44. The molecule has 0 bridgehead atoms. The smallest absolute Gasteiger partial charge is 0.226 e. The average molecular weight is 262 g/mol. The van der Waals surface area contributed by atoms with Crippen LogP contribution in [0.1, 0.15) is 36.9 Å². The first kappa shape index (κ1) is 12.7. The van der Waals surface area contributed by atoms with Gasteiger partial charge in [0, 0.05) is 31.6 Å². The molecule has 0 radical (unpaired) electrons. The third-order valence-corrected chi connectivity index (χ3v) is 4.11. The van der Waals surface area contributed by atoms with Gasteiger partial charge in [-0.3, -0.25) is 0 Å². The number of methoxy groups -OCH3 is 1. The van der Waals surface area contributed by atoms with Crippen molar-refractivity contribution in [3.63, 3.8) is 0 Å². The first-order valence-electron chi connectivity index (χ1n) is 7.25. The third-order valence-electron chi connectivity index (χ3n) is 4.11. The molecular formula is C14H22N4O. The summed E-state index contributed by atoms with van der Waals surface area (Å²) in [5.41, 5.74) is 2.24. The summed E-state index contributed by atoms with van der Waals surface area (Å²) in [4.78, 5) is 9.12. The zero-order valence-electron chi connectivity index (χ0n) is 11.5. The van der Waals surface area contributed by atoms with Crippen LogP contribution in [-0.4, -0.2) is 30.2 Å². The van der Waals surface area contributed by atoms with E-state index in [1.807, 2.05) is 0 Å². The van der Waals surface area contributed by atoms with Crippen LogP contribution in [0.2, 0.25) is 0 Å². The summed E-state index contributed by atoms with van der Waals surface area (Å²) < 4.78 is 5.39. The van der Waals surface area contributed by atoms with E-state index < -0.39 is 0 Å². The Hall–Kier alpha value is -1.36. The van der Waals surface area contributed by atoms with E-state index in [1.54, 1.807) is 7.11 Å². The zero-order valence-corrected chi connectivity index (χ0v) is 11.5. The first-order chi connectivity index (χ1) is 9.36. The van der Waals surface area contributed by atoms with Crippen molar-refractivity contribution < 1.29 is 4.74 Å². The highest BCUT2D eigenvalue weighted by Gasteiger charge is 2.19. The highest BCUT2D eigenvalue weighted by molar-refractivity contribution is 5.39. The molecular weight excluding hydrogens is 240 g/mol. The molecule has 2 N–H and O–H groups in total. The minimum absolute atomic E-state index is 0.714. The summed E-state index contributed by atoms with van der Waals surface area (Å²) in [5.74, 6) is 2.22. The lowest BCUT2D eigenvalue weighted by molar-refractivity contribution is 0.386. The Kier molecular flexibility index (Phi) is 3.82. The predicted molar refractivity (Wildman–Crippen MR) is 74.4 cm³/mol. The van der Waals surface area contributed by atoms with Gasteiger partial charge in [-0.1, -0.05) is 12.8 Å². The van der Waals surface area contributed by atoms with Gasteiger partial charge in [-0.05, 0) is 18.8 Å². The molecule has 0 saturated heterocycles. The van der Waals surface area contributed by atoms with Crippen molar-refractivity contribution in [1.29, 1.82) is 0 Å². The number of nitrogens with zero attached hydrogens (tertiary/aromatic N) is 2. The topological polar surface area (TPSA) is 59.1 Å². The SMILES string of the molecule is COc1nc(NCC2CCCC2)nc2c1CNCC2. The molecule has 5 nitrogen and oxygen atoms in total. The van der Waals surface area contributed by atoms with E-state index in [-0.39, 0.29) is 0 Å². The van der Waals surface area contributed by atoms with Crippen molar-refractivity contribution in [2.24, 2.45) is 5.92 Å². The fourth-order valence-electron chi connectivity index (χ4n) is 3.01. The van der Waals surface area contributed by atoms with E-state index in [0.29, 0.717) is 5.88 Å². The molecule has 1 saturated carbocycles. The fraction of sp³-hybridized carbons (Fsp3) is 0.714. The first-order valence-corrected chi connectivity index (χ1v) is 7.25. The van der Waals surface area contributed by atoms with Gasteiger partial charge >= 0.3 is 0 Å². The standard InChI is InChI=1S/C14H22N4O/c1-19-13-11-9-15-7-6-12(11)17-14(18-13)16-8-10-4-2-3-5-10/h10,15H,2-9H2,1H3,(H,16,17,18). The molecule has 3 rings (SSSR count). The van der Waals surface area contributed by atoms with Crippen molar-refractivity contribution in [1.82, 2.24) is 15.3 Å². The summed E-state index contributed by atoms with van der Waals surface area (Å²) in [7, 11) is 1.68. The van der Waals surface area contributed by atoms with Gasteiger partial charge in [-0.2, -0.15) is 4.98 Å². The number of fused-ring (bicyclic) bond motifs is 1. The average Bonchev–Trinajstić information content (AvgIpc) is 2.97. The molecule has 2 aliphatic rings. The molecule has 1 aromatic heterocycles. The van der Waals surface area contributed by atoms with Crippen LogP contribution in [0.3, 0.4) is 0 Å². The van der Waals surface area contributed by atoms with Gasteiger partial charge in [0.2, 0.25) is 11.8 Å². The molecule has 1 aliphatic carbocycles. The monoisotopic (exact) mass is 262 g/mol. The van der Waals surface area contributed by atoms with E-state index in [9.17, 15) is 0 Å². The van der Waals surface area contributed by atoms with Crippen LogP contribution in [0.15, 0.2) is 0 Å². The Morgan fingerprint density at radius 2 is 2.16 bits per heavy atom. The molecule has 19 heavy (non-hydrogen) atoms. The summed E-state index contributed by atoms with van der Waals surface area (Å²) in [6.07, 6.45) is 6.35. The Balaban J connectivity index is 1.73. The van der Waals surface area contributed by atoms with Gasteiger partial charge in [0.15, 0.2) is 0 Å². The number of hydrogen-bond donors (Lipinski definition) is 2. The van der Waals surface area contributed by atoms with E-state index in [4.69, 9.17) is 4.74 Å². The molecule has 0 aromatic carbocycles. The van der Waals surface area contributed by atoms with Crippen molar-refractivity contribution in [3.8, 4) is 5.88 Å². The van der Waals surface area contributed by atoms with Gasteiger partial charge < -0.3 is 15.4 Å². The van der Waals surface area contributed by atoms with Crippen molar-refractivity contribution in [2.45, 2.75) is 38.6 Å². The normalized spacial score (nSPS) is 19.2. The summed E-state index contributed by atoms with van der Waals surface area (Å²) in [5, 5.41) is 6.72. The van der Waals surface area contributed by atoms with Gasteiger partial charge in [-0.15, -0.1) is 0 Å². The number of nitrogens with one attached hydrogen (secondary N) is 2. The van der Waals surface area contributed by atoms with Crippen molar-refractivity contribution >= 4 is 5.95 Å². The summed E-state index contributed by atoms with van der Waals surface area (Å²) in [6, 6.07) is 0. The molecule has 0 unspecified atom stereocenters. The Morgan fingerprint density at radius 1 is 1.32 bits per heavy atom. The molecule has 1 aromatic rings. The molecule has 0 atom stereocenters. The molecule has 0 amide bonds. The van der Waals surface area contributed by atoms with Crippen LogP contribution < -0.4 is 15.4 Å². The maximum absolute atomic E-state index is 5.39. The number of rotatable bonds is 4. The summed E-state index contributed by atoms with van der Waals surface area (Å²) in [6.45, 7) is 2.77. The van der Waals surface area contributed by atoms with Crippen molar-refractivity contribution in [2.75, 3.05) is 25.5 Å². The van der Waals surface area contributed by atoms with Gasteiger partial charge in [-0.25, -0.2) is 4.98 Å². The van der Waals surface area contributed by atoms with E-state index >= 15 is 0 Å². The molecule has 5 heteroatoms. The van der Waals surface area contributed by atoms with Crippen LogP contribution in [0.25, 0.3) is 0 Å². The highest BCUT2D eigenvalue weighted by Crippen LogP contribution is 2.26. The Labute approximate surface area is 114 Å². The minimum Gasteiger partial charge on any atom is -0.481 e. The number of hydrogen-bond acceptors (Lipinski definition) is 5. The lowest BCUT2D eigenvalue weighted by atomic mass is 10.1. The molecule has 0 spiro atoms. The van der Waals surface area contributed by atoms with E-state index in [2.05, 4.69) is 20.6 Å². The maximum atomic E-state index is 5.39. The second-order valence-electron chi connectivity index (χ2n) is 5.44. The van der Waals surface area contributed by atoms with Gasteiger partial charge in [0.05, 0.1) is 12.8 Å². The lowest BCUT2D eigenvalue weighted by Crippen LogP contribution is -2.26. The van der Waals surface area contributed by atoms with Gasteiger partial charge in [0.1, 0.15) is 0 Å². The number of anilines is 1.